The van der Waals surface area contributed by atoms with Gasteiger partial charge in [-0.1, -0.05) is 83.1 Å². The van der Waals surface area contributed by atoms with Crippen LogP contribution < -0.4 is 5.19 Å². The molecule has 0 nitrogen and oxygen atoms in total. The van der Waals surface area contributed by atoms with Gasteiger partial charge >= 0.3 is 0 Å². The summed E-state index contributed by atoms with van der Waals surface area (Å²) in [6.07, 6.45) is 0. The van der Waals surface area contributed by atoms with E-state index >= 15 is 0 Å². The van der Waals surface area contributed by atoms with Gasteiger partial charge in [0.05, 0.1) is 8.07 Å². The van der Waals surface area contributed by atoms with E-state index in [9.17, 15) is 0 Å². The summed E-state index contributed by atoms with van der Waals surface area (Å²) in [5.41, 5.74) is 1.35. The van der Waals surface area contributed by atoms with Crippen LogP contribution in [0.5, 0.6) is 0 Å². The first kappa shape index (κ1) is 14.5. The molecule has 0 aliphatic rings. The van der Waals surface area contributed by atoms with Gasteiger partial charge in [-0.2, -0.15) is 0 Å². The molecular formula is C16H28Si. The van der Waals surface area contributed by atoms with Crippen molar-refractivity contribution in [2.75, 3.05) is 0 Å². The van der Waals surface area contributed by atoms with Gasteiger partial charge in [0, 0.05) is 0 Å². The summed E-state index contributed by atoms with van der Waals surface area (Å²) in [5, 5.41) is 2.34. The van der Waals surface area contributed by atoms with E-state index in [4.69, 9.17) is 0 Å². The zero-order valence-corrected chi connectivity index (χ0v) is 13.8. The first-order chi connectivity index (χ1) is 7.50. The quantitative estimate of drug-likeness (QED) is 0.621. The summed E-state index contributed by atoms with van der Waals surface area (Å²) in [6.45, 7) is 19.1. The summed E-state index contributed by atoms with van der Waals surface area (Å²) < 4.78 is 0. The highest BCUT2D eigenvalue weighted by molar-refractivity contribution is 6.95. The summed E-state index contributed by atoms with van der Waals surface area (Å²) in [6, 6.07) is 9.24. The lowest BCUT2D eigenvalue weighted by molar-refractivity contribution is 0.629. The van der Waals surface area contributed by atoms with Crippen LogP contribution in [-0.2, 0) is 0 Å². The Balaban J connectivity index is 3.41. The van der Waals surface area contributed by atoms with E-state index in [0.29, 0.717) is 10.1 Å². The molecule has 0 spiro atoms. The highest BCUT2D eigenvalue weighted by Gasteiger charge is 2.49. The Labute approximate surface area is 108 Å². The zero-order chi connectivity index (χ0) is 13.5. The predicted octanol–water partition coefficient (Wildman–Crippen LogP) is 4.88. The second-order valence-electron chi connectivity index (χ2n) is 7.49. The van der Waals surface area contributed by atoms with Gasteiger partial charge in [-0.15, -0.1) is 0 Å². The third-order valence-corrected chi connectivity index (χ3v) is 12.1. The molecule has 0 fully saturated rings. The Morgan fingerprint density at radius 1 is 0.765 bits per heavy atom. The first-order valence-corrected chi connectivity index (χ1v) is 9.07. The number of hydrogen-bond acceptors (Lipinski definition) is 0. The molecule has 1 aromatic carbocycles. The van der Waals surface area contributed by atoms with Crippen LogP contribution in [0.4, 0.5) is 0 Å². The SMILES string of the molecule is Cc1ccc([Si](C)(C(C)(C)C)C(C)(C)C)cc1. The molecular weight excluding hydrogens is 220 g/mol. The molecule has 0 aliphatic carbocycles. The van der Waals surface area contributed by atoms with E-state index in [0.717, 1.165) is 0 Å². The van der Waals surface area contributed by atoms with Crippen LogP contribution in [0.1, 0.15) is 47.1 Å². The Kier molecular flexibility index (Phi) is 3.64. The molecule has 0 heterocycles. The standard InChI is InChI=1S/C16H28Si/c1-13-9-11-14(12-10-13)17(8,15(2,3)4)16(5,6)7/h9-12H,1-8H3. The second-order valence-corrected chi connectivity index (χ2v) is 13.3. The van der Waals surface area contributed by atoms with Crippen molar-refractivity contribution in [2.24, 2.45) is 0 Å². The average Bonchev–Trinajstić information content (AvgIpc) is 2.14. The molecule has 1 heteroatoms. The van der Waals surface area contributed by atoms with Crippen molar-refractivity contribution < 1.29 is 0 Å². The summed E-state index contributed by atoms with van der Waals surface area (Å²) >= 11 is 0. The maximum atomic E-state index is 2.54. The van der Waals surface area contributed by atoms with Gasteiger partial charge in [0.25, 0.3) is 0 Å². The molecule has 0 radical (unpaired) electrons. The Morgan fingerprint density at radius 3 is 1.41 bits per heavy atom. The minimum absolute atomic E-state index is 0.376. The molecule has 0 aromatic heterocycles. The lowest BCUT2D eigenvalue weighted by Crippen LogP contribution is -2.58. The second kappa shape index (κ2) is 4.27. The van der Waals surface area contributed by atoms with Gasteiger partial charge in [-0.05, 0) is 17.0 Å². The molecule has 96 valence electrons. The van der Waals surface area contributed by atoms with E-state index in [2.05, 4.69) is 79.3 Å². The fourth-order valence-electron chi connectivity index (χ4n) is 2.88. The van der Waals surface area contributed by atoms with Crippen LogP contribution in [0.2, 0.25) is 16.6 Å². The largest absolute Gasteiger partial charge is 0.0942 e. The minimum Gasteiger partial charge on any atom is -0.0645 e. The van der Waals surface area contributed by atoms with Gasteiger partial charge in [-0.3, -0.25) is 0 Å². The van der Waals surface area contributed by atoms with E-state index in [-0.39, 0.29) is 0 Å². The van der Waals surface area contributed by atoms with Crippen molar-refractivity contribution in [2.45, 2.75) is 65.1 Å². The Morgan fingerprint density at radius 2 is 1.12 bits per heavy atom. The molecule has 0 saturated carbocycles. The van der Waals surface area contributed by atoms with Crippen LogP contribution in [0.3, 0.4) is 0 Å². The number of aryl methyl sites for hydroxylation is 1. The van der Waals surface area contributed by atoms with Gasteiger partial charge in [0.1, 0.15) is 0 Å². The molecule has 1 aromatic rings. The lowest BCUT2D eigenvalue weighted by Gasteiger charge is -2.50. The van der Waals surface area contributed by atoms with Crippen molar-refractivity contribution in [1.29, 1.82) is 0 Å². The van der Waals surface area contributed by atoms with Gasteiger partial charge in [-0.25, -0.2) is 0 Å². The van der Waals surface area contributed by atoms with Gasteiger partial charge < -0.3 is 0 Å². The molecule has 0 N–H and O–H groups in total. The van der Waals surface area contributed by atoms with Crippen molar-refractivity contribution in [1.82, 2.24) is 0 Å². The van der Waals surface area contributed by atoms with Crippen LogP contribution in [-0.4, -0.2) is 8.07 Å². The summed E-state index contributed by atoms with van der Waals surface area (Å²) in [5.74, 6) is 0. The smallest absolute Gasteiger partial charge is 0.0645 e. The predicted molar refractivity (Wildman–Crippen MR) is 81.9 cm³/mol. The normalized spacial score (nSPS) is 13.9. The fourth-order valence-corrected chi connectivity index (χ4v) is 7.69. The Hall–Kier alpha value is -0.563. The average molecular weight is 248 g/mol. The van der Waals surface area contributed by atoms with Crippen molar-refractivity contribution in [3.05, 3.63) is 29.8 Å². The molecule has 0 saturated heterocycles. The fraction of sp³-hybridized carbons (Fsp3) is 0.625. The number of rotatable bonds is 1. The molecule has 1 rings (SSSR count). The van der Waals surface area contributed by atoms with Crippen LogP contribution in [0, 0.1) is 6.92 Å². The van der Waals surface area contributed by atoms with Crippen molar-refractivity contribution in [3.8, 4) is 0 Å². The van der Waals surface area contributed by atoms with Crippen LogP contribution in [0.15, 0.2) is 24.3 Å². The van der Waals surface area contributed by atoms with Gasteiger partial charge in [0.15, 0.2) is 0 Å². The molecule has 0 aliphatic heterocycles. The first-order valence-electron chi connectivity index (χ1n) is 6.57. The highest BCUT2D eigenvalue weighted by atomic mass is 28.3. The minimum atomic E-state index is -1.55. The summed E-state index contributed by atoms with van der Waals surface area (Å²) in [7, 11) is -1.55. The summed E-state index contributed by atoms with van der Waals surface area (Å²) in [4.78, 5) is 0. The zero-order valence-electron chi connectivity index (χ0n) is 12.8. The maximum Gasteiger partial charge on any atom is 0.0942 e. The number of benzene rings is 1. The van der Waals surface area contributed by atoms with E-state index in [1.165, 1.54) is 5.56 Å². The topological polar surface area (TPSA) is 0 Å². The number of hydrogen-bond donors (Lipinski definition) is 0. The van der Waals surface area contributed by atoms with Crippen LogP contribution >= 0.6 is 0 Å². The monoisotopic (exact) mass is 248 g/mol. The molecule has 0 bridgehead atoms. The van der Waals surface area contributed by atoms with Crippen molar-refractivity contribution >= 4 is 13.3 Å². The van der Waals surface area contributed by atoms with Crippen molar-refractivity contribution in [3.63, 3.8) is 0 Å². The highest BCUT2D eigenvalue weighted by Crippen LogP contribution is 2.50. The molecule has 17 heavy (non-hydrogen) atoms. The van der Waals surface area contributed by atoms with Gasteiger partial charge in [0.2, 0.25) is 0 Å². The van der Waals surface area contributed by atoms with Crippen LogP contribution in [0.25, 0.3) is 0 Å². The van der Waals surface area contributed by atoms with E-state index in [1.54, 1.807) is 5.19 Å². The lowest BCUT2D eigenvalue weighted by atomic mass is 10.2. The molecule has 0 amide bonds. The molecule has 0 unspecified atom stereocenters. The Bertz CT molecular complexity index is 359. The van der Waals surface area contributed by atoms with E-state index < -0.39 is 8.07 Å². The maximum absolute atomic E-state index is 2.54. The molecule has 0 atom stereocenters. The third kappa shape index (κ3) is 2.49. The third-order valence-electron chi connectivity index (χ3n) is 4.63. The van der Waals surface area contributed by atoms with E-state index in [1.807, 2.05) is 0 Å².